The van der Waals surface area contributed by atoms with Gasteiger partial charge >= 0.3 is 0 Å². The molecule has 0 radical (unpaired) electrons. The summed E-state index contributed by atoms with van der Waals surface area (Å²) in [6.45, 7) is 2.35. The highest BCUT2D eigenvalue weighted by Crippen LogP contribution is 2.61. The molecular weight excluding hydrogens is 199 g/mol. The minimum absolute atomic E-state index is 0.819. The largest absolute Gasteiger partial charge is 0.135 e. The van der Waals surface area contributed by atoms with E-state index in [2.05, 4.69) is 16.2 Å². The van der Waals surface area contributed by atoms with Crippen LogP contribution in [0.15, 0.2) is 0 Å². The molecule has 0 heterocycles. The van der Waals surface area contributed by atoms with Gasteiger partial charge in [0, 0.05) is 0 Å². The normalized spacial score (nSPS) is 49.6. The highest BCUT2D eigenvalue weighted by molar-refractivity contribution is 7.17. The van der Waals surface area contributed by atoms with Gasteiger partial charge in [-0.15, -0.1) is 9.24 Å². The predicted molar refractivity (Wildman–Crippen MR) is 69.0 cm³/mol. The average molecular weight is 224 g/mol. The lowest BCUT2D eigenvalue weighted by Crippen LogP contribution is -2.46. The van der Waals surface area contributed by atoms with E-state index in [0.29, 0.717) is 0 Å². The summed E-state index contributed by atoms with van der Waals surface area (Å²) in [6, 6.07) is 0. The molecule has 0 saturated heterocycles. The van der Waals surface area contributed by atoms with Crippen molar-refractivity contribution >= 4 is 9.24 Å². The minimum atomic E-state index is 0.819. The van der Waals surface area contributed by atoms with Crippen LogP contribution in [0.2, 0.25) is 0 Å². The van der Waals surface area contributed by atoms with Gasteiger partial charge in [-0.2, -0.15) is 0 Å². The Labute approximate surface area is 96.8 Å². The summed E-state index contributed by atoms with van der Waals surface area (Å²) in [6.07, 6.45) is 12.5. The molecule has 4 aliphatic carbocycles. The van der Waals surface area contributed by atoms with Crippen molar-refractivity contribution in [2.24, 2.45) is 23.2 Å². The third-order valence-electron chi connectivity index (χ3n) is 5.30. The van der Waals surface area contributed by atoms with Crippen molar-refractivity contribution in [1.82, 2.24) is 0 Å². The predicted octanol–water partition coefficient (Wildman–Crippen LogP) is 4.25. The Hall–Kier alpha value is 0.430. The highest BCUT2D eigenvalue weighted by atomic mass is 31.0. The summed E-state index contributed by atoms with van der Waals surface area (Å²) in [5.74, 6) is 3.41. The molecule has 15 heavy (non-hydrogen) atoms. The van der Waals surface area contributed by atoms with E-state index in [4.69, 9.17) is 0 Å². The van der Waals surface area contributed by atoms with Gasteiger partial charge < -0.3 is 0 Å². The second kappa shape index (κ2) is 3.73. The van der Waals surface area contributed by atoms with E-state index < -0.39 is 0 Å². The van der Waals surface area contributed by atoms with Gasteiger partial charge in [-0.25, -0.2) is 0 Å². The van der Waals surface area contributed by atoms with Gasteiger partial charge in [0.2, 0.25) is 0 Å². The summed E-state index contributed by atoms with van der Waals surface area (Å²) in [5.41, 5.74) is 1.65. The van der Waals surface area contributed by atoms with Crippen LogP contribution >= 0.6 is 9.24 Å². The van der Waals surface area contributed by atoms with E-state index in [9.17, 15) is 0 Å². The minimum Gasteiger partial charge on any atom is -0.135 e. The summed E-state index contributed by atoms with van der Waals surface area (Å²) in [4.78, 5) is 0. The average Bonchev–Trinajstić information content (AvgIpc) is 2.12. The zero-order chi connectivity index (χ0) is 10.5. The van der Waals surface area contributed by atoms with Crippen LogP contribution in [-0.4, -0.2) is 5.66 Å². The molecule has 4 bridgehead atoms. The molecule has 0 aromatic rings. The SMILES string of the molecule is CC(P)CCC12CC3CC(CC(C3)C1)C2. The molecule has 0 aliphatic heterocycles. The lowest BCUT2D eigenvalue weighted by Gasteiger charge is -2.57. The summed E-state index contributed by atoms with van der Waals surface area (Å²) in [5, 5.41) is 0. The van der Waals surface area contributed by atoms with Crippen LogP contribution in [0.3, 0.4) is 0 Å². The molecular formula is C14H25P. The highest BCUT2D eigenvalue weighted by Gasteiger charge is 2.50. The van der Waals surface area contributed by atoms with Crippen molar-refractivity contribution < 1.29 is 0 Å². The molecule has 2 unspecified atom stereocenters. The Morgan fingerprint density at radius 3 is 1.93 bits per heavy atom. The lowest BCUT2D eigenvalue weighted by molar-refractivity contribution is -0.0580. The summed E-state index contributed by atoms with van der Waals surface area (Å²) >= 11 is 0. The van der Waals surface area contributed by atoms with Gasteiger partial charge in [0.25, 0.3) is 0 Å². The topological polar surface area (TPSA) is 0 Å². The van der Waals surface area contributed by atoms with Crippen LogP contribution in [0, 0.1) is 23.2 Å². The zero-order valence-corrected chi connectivity index (χ0v) is 11.2. The first-order valence-corrected chi connectivity index (χ1v) is 7.57. The second-order valence-corrected chi connectivity index (χ2v) is 8.07. The van der Waals surface area contributed by atoms with Gasteiger partial charge in [0.05, 0.1) is 0 Å². The van der Waals surface area contributed by atoms with Gasteiger partial charge in [-0.3, -0.25) is 0 Å². The maximum atomic E-state index is 2.98. The van der Waals surface area contributed by atoms with Gasteiger partial charge in [-0.05, 0) is 80.2 Å². The fourth-order valence-electron chi connectivity index (χ4n) is 5.13. The van der Waals surface area contributed by atoms with E-state index in [-0.39, 0.29) is 0 Å². The van der Waals surface area contributed by atoms with Gasteiger partial charge in [0.15, 0.2) is 0 Å². The fraction of sp³-hybridized carbons (Fsp3) is 1.00. The van der Waals surface area contributed by atoms with Crippen molar-refractivity contribution in [3.8, 4) is 0 Å². The van der Waals surface area contributed by atoms with Crippen molar-refractivity contribution in [3.63, 3.8) is 0 Å². The molecule has 86 valence electrons. The monoisotopic (exact) mass is 224 g/mol. The second-order valence-electron chi connectivity index (χ2n) is 6.93. The number of hydrogen-bond acceptors (Lipinski definition) is 0. The molecule has 0 aromatic carbocycles. The van der Waals surface area contributed by atoms with E-state index in [1.165, 1.54) is 12.8 Å². The molecule has 0 N–H and O–H groups in total. The number of rotatable bonds is 3. The van der Waals surface area contributed by atoms with Crippen LogP contribution in [0.4, 0.5) is 0 Å². The molecule has 0 spiro atoms. The van der Waals surface area contributed by atoms with E-state index in [1.807, 2.05) is 0 Å². The Bertz CT molecular complexity index is 208. The van der Waals surface area contributed by atoms with Crippen LogP contribution in [0.25, 0.3) is 0 Å². The summed E-state index contributed by atoms with van der Waals surface area (Å²) < 4.78 is 0. The van der Waals surface area contributed by atoms with Gasteiger partial charge in [0.1, 0.15) is 0 Å². The first-order valence-electron chi connectivity index (χ1n) is 6.91. The molecule has 0 amide bonds. The first-order chi connectivity index (χ1) is 7.15. The Balaban J connectivity index is 1.70. The third-order valence-corrected chi connectivity index (χ3v) is 5.63. The smallest absolute Gasteiger partial charge is 0.0289 e. The van der Waals surface area contributed by atoms with E-state index >= 15 is 0 Å². The van der Waals surface area contributed by atoms with Gasteiger partial charge in [-0.1, -0.05) is 6.92 Å². The van der Waals surface area contributed by atoms with Crippen molar-refractivity contribution in [2.45, 2.75) is 63.9 Å². The van der Waals surface area contributed by atoms with Crippen molar-refractivity contribution in [3.05, 3.63) is 0 Å². The Morgan fingerprint density at radius 2 is 1.53 bits per heavy atom. The zero-order valence-electron chi connectivity index (χ0n) is 10.0. The molecule has 4 aliphatic rings. The van der Waals surface area contributed by atoms with Crippen LogP contribution in [-0.2, 0) is 0 Å². The molecule has 2 atom stereocenters. The number of hydrogen-bond donors (Lipinski definition) is 0. The Morgan fingerprint density at radius 1 is 1.07 bits per heavy atom. The molecule has 0 nitrogen and oxygen atoms in total. The maximum Gasteiger partial charge on any atom is -0.0289 e. The quantitative estimate of drug-likeness (QED) is 0.629. The molecule has 4 rings (SSSR count). The molecule has 4 saturated carbocycles. The van der Waals surface area contributed by atoms with E-state index in [1.54, 1.807) is 38.5 Å². The lowest BCUT2D eigenvalue weighted by atomic mass is 9.48. The molecule has 0 aromatic heterocycles. The Kier molecular flexibility index (Phi) is 2.63. The maximum absolute atomic E-state index is 2.98. The van der Waals surface area contributed by atoms with Crippen LogP contribution in [0.5, 0.6) is 0 Å². The fourth-order valence-corrected chi connectivity index (χ4v) is 5.30. The van der Waals surface area contributed by atoms with Crippen molar-refractivity contribution in [1.29, 1.82) is 0 Å². The van der Waals surface area contributed by atoms with E-state index in [0.717, 1.165) is 28.8 Å². The standard InChI is InChI=1S/C14H25P/c1-10(15)2-3-14-7-11-4-12(8-14)6-13(5-11)9-14/h10-13H,2-9,15H2,1H3. The molecule has 1 heteroatoms. The van der Waals surface area contributed by atoms with Crippen LogP contribution < -0.4 is 0 Å². The molecule has 4 fully saturated rings. The van der Waals surface area contributed by atoms with Crippen molar-refractivity contribution in [2.75, 3.05) is 0 Å². The summed E-state index contributed by atoms with van der Waals surface area (Å²) in [7, 11) is 2.98. The van der Waals surface area contributed by atoms with Crippen LogP contribution in [0.1, 0.15) is 58.3 Å². The third kappa shape index (κ3) is 1.99. The first kappa shape index (κ1) is 10.6.